The summed E-state index contributed by atoms with van der Waals surface area (Å²) in [5.41, 5.74) is 0. The van der Waals surface area contributed by atoms with E-state index in [0.717, 1.165) is 17.9 Å². The average Bonchev–Trinajstić information content (AvgIpc) is 3.49. The summed E-state index contributed by atoms with van der Waals surface area (Å²) < 4.78 is 65.8. The maximum Gasteiger partial charge on any atom is 0.253 e. The van der Waals surface area contributed by atoms with Gasteiger partial charge in [0.2, 0.25) is 0 Å². The Morgan fingerprint density at radius 3 is 0.830 bits per heavy atom. The van der Waals surface area contributed by atoms with E-state index in [1.807, 2.05) is 0 Å². The van der Waals surface area contributed by atoms with Crippen molar-refractivity contribution in [3.05, 3.63) is 12.2 Å². The van der Waals surface area contributed by atoms with Gasteiger partial charge in [0.05, 0.1) is 159 Å². The number of carbonyl (C=O) groups excluding carboxylic acids is 2. The summed E-state index contributed by atoms with van der Waals surface area (Å²) in [5.74, 6) is -0.611. The number of amides is 2. The van der Waals surface area contributed by atoms with Crippen molar-refractivity contribution in [2.45, 2.75) is 58.3 Å². The van der Waals surface area contributed by atoms with E-state index >= 15 is 0 Å². The number of carbonyl (C=O) groups is 2. The molecule has 0 saturated carbocycles. The van der Waals surface area contributed by atoms with Crippen molar-refractivity contribution in [1.82, 2.24) is 4.90 Å². The summed E-state index contributed by atoms with van der Waals surface area (Å²) >= 11 is 0. The monoisotopic (exact) mass is 765 g/mol. The largest absolute Gasteiger partial charge is 0.379 e. The maximum absolute atomic E-state index is 11.4. The second-order valence-corrected chi connectivity index (χ2v) is 12.0. The Morgan fingerprint density at radius 2 is 0.547 bits per heavy atom. The molecule has 312 valence electrons. The molecule has 0 radical (unpaired) electrons. The molecule has 0 fully saturated rings. The number of hydrogen-bond donors (Lipinski definition) is 0. The Hall–Kier alpha value is -1.60. The lowest BCUT2D eigenvalue weighted by Crippen LogP contribution is -2.33. The van der Waals surface area contributed by atoms with Gasteiger partial charge in [0.25, 0.3) is 11.8 Å². The smallest absolute Gasteiger partial charge is 0.253 e. The summed E-state index contributed by atoms with van der Waals surface area (Å²) in [7, 11) is 0. The zero-order valence-electron chi connectivity index (χ0n) is 32.7. The van der Waals surface area contributed by atoms with Gasteiger partial charge in [0.1, 0.15) is 0 Å². The van der Waals surface area contributed by atoms with Crippen molar-refractivity contribution in [2.24, 2.45) is 0 Å². The summed E-state index contributed by atoms with van der Waals surface area (Å²) in [6.45, 7) is 14.6. The van der Waals surface area contributed by atoms with Gasteiger partial charge in [-0.25, -0.2) is 0 Å². The molecule has 15 nitrogen and oxygen atoms in total. The van der Waals surface area contributed by atoms with Gasteiger partial charge in [-0.05, 0) is 6.42 Å². The van der Waals surface area contributed by atoms with E-state index in [1.54, 1.807) is 0 Å². The van der Waals surface area contributed by atoms with Crippen LogP contribution in [0.1, 0.15) is 58.3 Å². The molecule has 1 heterocycles. The molecule has 0 aromatic rings. The minimum absolute atomic E-state index is 0.240. The van der Waals surface area contributed by atoms with Crippen molar-refractivity contribution in [1.29, 1.82) is 0 Å². The van der Waals surface area contributed by atoms with E-state index in [9.17, 15) is 9.59 Å². The lowest BCUT2D eigenvalue weighted by Gasteiger charge is -2.13. The zero-order valence-corrected chi connectivity index (χ0v) is 32.7. The second-order valence-electron chi connectivity index (χ2n) is 12.0. The summed E-state index contributed by atoms with van der Waals surface area (Å²) in [4.78, 5) is 24.0. The van der Waals surface area contributed by atoms with E-state index in [-0.39, 0.29) is 25.0 Å². The molecule has 15 heteroatoms. The quantitative estimate of drug-likeness (QED) is 0.0660. The Labute approximate surface area is 318 Å². The van der Waals surface area contributed by atoms with Crippen molar-refractivity contribution in [3.8, 4) is 0 Å². The van der Waals surface area contributed by atoms with Crippen LogP contribution < -0.4 is 0 Å². The van der Waals surface area contributed by atoms with Crippen LogP contribution in [-0.2, 0) is 66.4 Å². The van der Waals surface area contributed by atoms with Crippen molar-refractivity contribution >= 4 is 11.8 Å². The summed E-state index contributed by atoms with van der Waals surface area (Å²) in [6.07, 6.45) is 13.0. The molecule has 1 aliphatic rings. The fraction of sp³-hybridized carbons (Fsp3) is 0.895. The highest BCUT2D eigenvalue weighted by atomic mass is 16.6. The van der Waals surface area contributed by atoms with Crippen molar-refractivity contribution in [3.63, 3.8) is 0 Å². The molecule has 53 heavy (non-hydrogen) atoms. The molecule has 0 spiro atoms. The topological polar surface area (TPSA) is 148 Å². The van der Waals surface area contributed by atoms with Gasteiger partial charge in [0.15, 0.2) is 0 Å². The first-order valence-electron chi connectivity index (χ1n) is 19.7. The minimum Gasteiger partial charge on any atom is -0.379 e. The normalized spacial score (nSPS) is 13.0. The molecule has 0 unspecified atom stereocenters. The third kappa shape index (κ3) is 35.8. The molecule has 0 saturated heterocycles. The highest BCUT2D eigenvalue weighted by Crippen LogP contribution is 2.08. The predicted molar refractivity (Wildman–Crippen MR) is 198 cm³/mol. The van der Waals surface area contributed by atoms with Crippen LogP contribution in [0.25, 0.3) is 0 Å². The van der Waals surface area contributed by atoms with Crippen LogP contribution in [0, 0.1) is 0 Å². The number of nitrogens with zero attached hydrogens (tertiary/aromatic N) is 1. The van der Waals surface area contributed by atoms with Crippen LogP contribution in [-0.4, -0.2) is 182 Å². The second kappa shape index (κ2) is 41.6. The summed E-state index contributed by atoms with van der Waals surface area (Å²) in [6, 6.07) is 0. The maximum atomic E-state index is 11.4. The molecule has 1 aliphatic heterocycles. The first kappa shape index (κ1) is 49.4. The number of hydrogen-bond acceptors (Lipinski definition) is 14. The lowest BCUT2D eigenvalue weighted by atomic mass is 10.1. The molecule has 0 aromatic carbocycles. The van der Waals surface area contributed by atoms with Gasteiger partial charge in [-0.1, -0.05) is 51.9 Å². The Kier molecular flexibility index (Phi) is 38.8. The van der Waals surface area contributed by atoms with Crippen LogP contribution in [0.4, 0.5) is 0 Å². The van der Waals surface area contributed by atoms with E-state index in [1.165, 1.54) is 57.1 Å². The van der Waals surface area contributed by atoms with Gasteiger partial charge in [-0.2, -0.15) is 0 Å². The Balaban J connectivity index is 1.61. The summed E-state index contributed by atoms with van der Waals surface area (Å²) in [5, 5.41) is 0. The number of ether oxygens (including phenoxy) is 12. The van der Waals surface area contributed by atoms with Crippen LogP contribution in [0.3, 0.4) is 0 Å². The van der Waals surface area contributed by atoms with Gasteiger partial charge in [-0.15, -0.1) is 0 Å². The van der Waals surface area contributed by atoms with E-state index < -0.39 is 0 Å². The van der Waals surface area contributed by atoms with Crippen LogP contribution >= 0.6 is 0 Å². The standard InChI is InChI=1S/C38H71NO14/c1-2-3-4-5-6-7-8-9-13-42-15-17-44-19-21-46-23-25-48-27-29-50-31-33-52-35-36-53-34-32-51-30-28-49-26-24-47-22-20-45-18-16-43-14-12-39-37(40)10-11-38(39)41/h10-11H,2-9,12-36H2,1H3. The zero-order chi connectivity index (χ0) is 38.0. The first-order chi connectivity index (χ1) is 26.3. The SMILES string of the molecule is CCCCCCCCCCOCCOCCOCCOCCOCCOCCOCCOCCOCCOCCOCCOCCN1C(=O)C=CC1=O. The average molecular weight is 766 g/mol. The molecule has 1 rings (SSSR count). The molecule has 0 atom stereocenters. The highest BCUT2D eigenvalue weighted by molar-refractivity contribution is 6.12. The highest BCUT2D eigenvalue weighted by Gasteiger charge is 2.22. The van der Waals surface area contributed by atoms with E-state index in [2.05, 4.69) is 6.92 Å². The van der Waals surface area contributed by atoms with Gasteiger partial charge in [0, 0.05) is 18.8 Å². The fourth-order valence-corrected chi connectivity index (χ4v) is 4.67. The van der Waals surface area contributed by atoms with Gasteiger partial charge < -0.3 is 56.8 Å². The van der Waals surface area contributed by atoms with E-state index in [0.29, 0.717) is 145 Å². The predicted octanol–water partition coefficient (Wildman–Crippen LogP) is 3.25. The van der Waals surface area contributed by atoms with Crippen LogP contribution in [0.5, 0.6) is 0 Å². The molecule has 0 bridgehead atoms. The molecule has 0 aromatic heterocycles. The van der Waals surface area contributed by atoms with E-state index in [4.69, 9.17) is 56.8 Å². The Bertz CT molecular complexity index is 804. The number of imide groups is 1. The number of unbranched alkanes of at least 4 members (excludes halogenated alkanes) is 7. The van der Waals surface area contributed by atoms with Crippen molar-refractivity contribution < 1.29 is 66.4 Å². The van der Waals surface area contributed by atoms with Crippen LogP contribution in [0.15, 0.2) is 12.2 Å². The molecular formula is C38H71NO14. The first-order valence-corrected chi connectivity index (χ1v) is 19.7. The number of rotatable bonds is 45. The van der Waals surface area contributed by atoms with Crippen LogP contribution in [0.2, 0.25) is 0 Å². The van der Waals surface area contributed by atoms with Crippen molar-refractivity contribution in [2.75, 3.05) is 165 Å². The van der Waals surface area contributed by atoms with Gasteiger partial charge >= 0.3 is 0 Å². The molecular weight excluding hydrogens is 694 g/mol. The molecule has 0 aliphatic carbocycles. The fourth-order valence-electron chi connectivity index (χ4n) is 4.67. The molecule has 2 amide bonds. The third-order valence-corrected chi connectivity index (χ3v) is 7.59. The lowest BCUT2D eigenvalue weighted by molar-refractivity contribution is -0.137. The molecule has 0 N–H and O–H groups in total. The van der Waals surface area contributed by atoms with Gasteiger partial charge in [-0.3, -0.25) is 14.5 Å². The third-order valence-electron chi connectivity index (χ3n) is 7.59. The minimum atomic E-state index is -0.306. The Morgan fingerprint density at radius 1 is 0.321 bits per heavy atom.